The Morgan fingerprint density at radius 3 is 2.83 bits per heavy atom. The van der Waals surface area contributed by atoms with Crippen LogP contribution in [0.3, 0.4) is 0 Å². The molecular weight excluding hydrogens is 302 g/mol. The molecule has 0 spiro atoms. The molecule has 2 aromatic rings. The second-order valence-electron chi connectivity index (χ2n) is 4.97. The van der Waals surface area contributed by atoms with Gasteiger partial charge in [0.05, 0.1) is 23.4 Å². The number of hydrazone groups is 1. The van der Waals surface area contributed by atoms with E-state index in [2.05, 4.69) is 20.7 Å². The van der Waals surface area contributed by atoms with Crippen molar-refractivity contribution in [1.82, 2.24) is 25.0 Å². The van der Waals surface area contributed by atoms with Crippen LogP contribution in [-0.4, -0.2) is 36.6 Å². The normalized spacial score (nSPS) is 11.1. The van der Waals surface area contributed by atoms with Crippen molar-refractivity contribution in [1.29, 1.82) is 0 Å². The van der Waals surface area contributed by atoms with Crippen molar-refractivity contribution in [3.05, 3.63) is 39.5 Å². The number of carbonyl (C=O) groups excluding carboxylic acids is 1. The van der Waals surface area contributed by atoms with Gasteiger partial charge in [0, 0.05) is 24.7 Å². The number of amides is 1. The number of aryl methyl sites for hydroxylation is 3. The Morgan fingerprint density at radius 2 is 2.26 bits per heavy atom. The van der Waals surface area contributed by atoms with Crippen LogP contribution in [0.2, 0.25) is 0 Å². The molecule has 2 rings (SSSR count). The first-order chi connectivity index (χ1) is 10.9. The average Bonchev–Trinajstić information content (AvgIpc) is 3.05. The summed E-state index contributed by atoms with van der Waals surface area (Å²) >= 11 is 0. The number of nitrogens with one attached hydrogen (secondary N) is 1. The van der Waals surface area contributed by atoms with Gasteiger partial charge in [0.1, 0.15) is 12.4 Å². The highest BCUT2D eigenvalue weighted by Crippen LogP contribution is 2.09. The van der Waals surface area contributed by atoms with Crippen LogP contribution in [0.5, 0.6) is 0 Å². The van der Waals surface area contributed by atoms with E-state index in [9.17, 15) is 14.9 Å². The van der Waals surface area contributed by atoms with E-state index in [1.54, 1.807) is 10.9 Å². The molecule has 0 aliphatic rings. The van der Waals surface area contributed by atoms with Crippen LogP contribution in [0.4, 0.5) is 5.69 Å². The third-order valence-corrected chi connectivity index (χ3v) is 3.35. The van der Waals surface area contributed by atoms with Gasteiger partial charge in [-0.15, -0.1) is 0 Å². The number of nitro groups is 1. The lowest BCUT2D eigenvalue weighted by Gasteiger charge is -2.00. The molecule has 1 amide bonds. The van der Waals surface area contributed by atoms with Crippen molar-refractivity contribution >= 4 is 17.8 Å². The minimum absolute atomic E-state index is 0.106. The van der Waals surface area contributed by atoms with E-state index in [1.807, 2.05) is 20.9 Å². The van der Waals surface area contributed by atoms with Gasteiger partial charge in [-0.25, -0.2) is 5.43 Å². The van der Waals surface area contributed by atoms with Crippen molar-refractivity contribution in [2.75, 3.05) is 0 Å². The number of aromatic nitrogens is 4. The summed E-state index contributed by atoms with van der Waals surface area (Å²) in [5.74, 6) is -0.307. The molecule has 2 aromatic heterocycles. The van der Waals surface area contributed by atoms with Crippen LogP contribution in [0, 0.1) is 24.0 Å². The first kappa shape index (κ1) is 16.3. The molecule has 23 heavy (non-hydrogen) atoms. The predicted octanol–water partition coefficient (Wildman–Crippen LogP) is 0.682. The van der Waals surface area contributed by atoms with Gasteiger partial charge in [-0.2, -0.15) is 15.3 Å². The molecule has 0 aliphatic carbocycles. The van der Waals surface area contributed by atoms with E-state index in [0.717, 1.165) is 23.1 Å². The zero-order valence-electron chi connectivity index (χ0n) is 13.1. The fraction of sp³-hybridized carbons (Fsp3) is 0.385. The summed E-state index contributed by atoms with van der Waals surface area (Å²) in [6.45, 7) is 4.01. The Hall–Kier alpha value is -3.04. The van der Waals surface area contributed by atoms with Crippen LogP contribution in [0.1, 0.15) is 23.4 Å². The maximum Gasteiger partial charge on any atom is 0.306 e. The highest BCUT2D eigenvalue weighted by molar-refractivity contribution is 5.84. The fourth-order valence-electron chi connectivity index (χ4n) is 1.99. The standard InChI is InChI=1S/C13H17N7O3/c1-9-12(10(2)18(3)17-9)7-14-16-13(21)4-5-19-8-11(6-15-19)20(22)23/h6-8H,4-5H2,1-3H3,(H,16,21)/b14-7-. The lowest BCUT2D eigenvalue weighted by atomic mass is 10.2. The molecule has 0 bridgehead atoms. The third kappa shape index (κ3) is 3.99. The summed E-state index contributed by atoms with van der Waals surface area (Å²) in [7, 11) is 1.83. The zero-order valence-corrected chi connectivity index (χ0v) is 13.1. The van der Waals surface area contributed by atoms with Gasteiger partial charge in [0.15, 0.2) is 0 Å². The number of rotatable bonds is 6. The summed E-state index contributed by atoms with van der Waals surface area (Å²) in [6, 6.07) is 0. The van der Waals surface area contributed by atoms with Gasteiger partial charge < -0.3 is 0 Å². The lowest BCUT2D eigenvalue weighted by molar-refractivity contribution is -0.385. The molecule has 0 radical (unpaired) electrons. The van der Waals surface area contributed by atoms with Crippen molar-refractivity contribution in [2.24, 2.45) is 12.1 Å². The smallest absolute Gasteiger partial charge is 0.273 e. The minimum Gasteiger partial charge on any atom is -0.273 e. The number of carbonyl (C=O) groups is 1. The first-order valence-corrected chi connectivity index (χ1v) is 6.87. The van der Waals surface area contributed by atoms with Gasteiger partial charge in [-0.05, 0) is 13.8 Å². The summed E-state index contributed by atoms with van der Waals surface area (Å²) in [4.78, 5) is 21.7. The Morgan fingerprint density at radius 1 is 1.52 bits per heavy atom. The lowest BCUT2D eigenvalue weighted by Crippen LogP contribution is -2.19. The Balaban J connectivity index is 1.85. The van der Waals surface area contributed by atoms with E-state index in [4.69, 9.17) is 0 Å². The highest BCUT2D eigenvalue weighted by atomic mass is 16.6. The molecule has 0 fully saturated rings. The molecule has 122 valence electrons. The number of nitrogens with zero attached hydrogens (tertiary/aromatic N) is 6. The molecule has 0 unspecified atom stereocenters. The SMILES string of the molecule is Cc1nn(C)c(C)c1/C=N\NC(=O)CCn1cc([N+](=O)[O-])cn1. The largest absolute Gasteiger partial charge is 0.306 e. The average molecular weight is 319 g/mol. The Labute approximate surface area is 131 Å². The molecule has 10 heteroatoms. The molecule has 0 atom stereocenters. The van der Waals surface area contributed by atoms with Gasteiger partial charge in [0.25, 0.3) is 0 Å². The zero-order chi connectivity index (χ0) is 17.0. The fourth-order valence-corrected chi connectivity index (χ4v) is 1.99. The molecule has 10 nitrogen and oxygen atoms in total. The van der Waals surface area contributed by atoms with Crippen molar-refractivity contribution in [2.45, 2.75) is 26.8 Å². The monoisotopic (exact) mass is 319 g/mol. The summed E-state index contributed by atoms with van der Waals surface area (Å²) < 4.78 is 3.08. The maximum absolute atomic E-state index is 11.7. The molecule has 2 heterocycles. The molecule has 0 saturated heterocycles. The molecule has 1 N–H and O–H groups in total. The van der Waals surface area contributed by atoms with Crippen molar-refractivity contribution in [3.63, 3.8) is 0 Å². The molecule has 0 aromatic carbocycles. The van der Waals surface area contributed by atoms with Crippen molar-refractivity contribution < 1.29 is 9.72 Å². The Kier molecular flexibility index (Phi) is 4.84. The van der Waals surface area contributed by atoms with E-state index in [-0.39, 0.29) is 24.6 Å². The van der Waals surface area contributed by atoms with Gasteiger partial charge in [-0.3, -0.25) is 24.3 Å². The molecule has 0 saturated carbocycles. The third-order valence-electron chi connectivity index (χ3n) is 3.35. The highest BCUT2D eigenvalue weighted by Gasteiger charge is 2.10. The quantitative estimate of drug-likeness (QED) is 0.477. The van der Waals surface area contributed by atoms with Gasteiger partial charge in [-0.1, -0.05) is 0 Å². The van der Waals surface area contributed by atoms with Crippen LogP contribution >= 0.6 is 0 Å². The summed E-state index contributed by atoms with van der Waals surface area (Å²) in [6.07, 6.45) is 4.08. The molecular formula is C13H17N7O3. The summed E-state index contributed by atoms with van der Waals surface area (Å²) in [5.41, 5.74) is 4.94. The predicted molar refractivity (Wildman–Crippen MR) is 81.9 cm³/mol. The number of hydrogen-bond donors (Lipinski definition) is 1. The van der Waals surface area contributed by atoms with Crippen molar-refractivity contribution in [3.8, 4) is 0 Å². The van der Waals surface area contributed by atoms with E-state index in [0.29, 0.717) is 0 Å². The molecule has 0 aliphatic heterocycles. The first-order valence-electron chi connectivity index (χ1n) is 6.87. The Bertz CT molecular complexity index is 760. The van der Waals surface area contributed by atoms with Gasteiger partial charge in [0.2, 0.25) is 5.91 Å². The van der Waals surface area contributed by atoms with Crippen LogP contribution in [0.15, 0.2) is 17.5 Å². The van der Waals surface area contributed by atoms with Crippen LogP contribution < -0.4 is 5.43 Å². The van der Waals surface area contributed by atoms with E-state index >= 15 is 0 Å². The van der Waals surface area contributed by atoms with E-state index < -0.39 is 4.92 Å². The van der Waals surface area contributed by atoms with Crippen LogP contribution in [0.25, 0.3) is 0 Å². The topological polar surface area (TPSA) is 120 Å². The summed E-state index contributed by atoms with van der Waals surface area (Å²) in [5, 5.41) is 22.5. The minimum atomic E-state index is -0.535. The second-order valence-corrected chi connectivity index (χ2v) is 4.97. The second kappa shape index (κ2) is 6.81. The van der Waals surface area contributed by atoms with Gasteiger partial charge >= 0.3 is 5.69 Å². The number of hydrogen-bond acceptors (Lipinski definition) is 6. The maximum atomic E-state index is 11.7. The van der Waals surface area contributed by atoms with Crippen LogP contribution in [-0.2, 0) is 18.4 Å². The van der Waals surface area contributed by atoms with E-state index in [1.165, 1.54) is 10.9 Å².